The Morgan fingerprint density at radius 2 is 1.47 bits per heavy atom. The molecule has 1 fully saturated rings. The predicted octanol–water partition coefficient (Wildman–Crippen LogP) is 2.78. The Hall–Kier alpha value is 0.707. The van der Waals surface area contributed by atoms with Gasteiger partial charge in [0.2, 0.25) is 0 Å². The fourth-order valence-corrected chi connectivity index (χ4v) is 6.84. The van der Waals surface area contributed by atoms with Gasteiger partial charge in [-0.3, -0.25) is 0 Å². The largest absolute Gasteiger partial charge is 0.318 e. The molecule has 0 atom stereocenters. The number of piperazine rings is 1. The van der Waals surface area contributed by atoms with E-state index in [0.29, 0.717) is 13.2 Å². The first-order valence-corrected chi connectivity index (χ1v) is 13.5. The highest BCUT2D eigenvalue weighted by molar-refractivity contribution is 8.08. The van der Waals surface area contributed by atoms with Crippen LogP contribution in [-0.2, 0) is 20.9 Å². The van der Waals surface area contributed by atoms with E-state index in [4.69, 9.17) is 20.9 Å². The number of hydrogen-bond acceptors (Lipinski definition) is 4. The van der Waals surface area contributed by atoms with Crippen molar-refractivity contribution >= 4 is 26.5 Å². The molecular formula is C12H29N2O2PSSi. The average molecular weight is 325 g/mol. The topological polar surface area (TPSA) is 24.9 Å². The predicted molar refractivity (Wildman–Crippen MR) is 88.9 cm³/mol. The first-order chi connectivity index (χ1) is 8.80. The maximum absolute atomic E-state index is 5.77. The Morgan fingerprint density at radius 3 is 1.84 bits per heavy atom. The van der Waals surface area contributed by atoms with Crippen LogP contribution in [0.3, 0.4) is 0 Å². The lowest BCUT2D eigenvalue weighted by Crippen LogP contribution is -2.50. The van der Waals surface area contributed by atoms with Crippen molar-refractivity contribution in [2.45, 2.75) is 33.5 Å². The summed E-state index contributed by atoms with van der Waals surface area (Å²) in [5, 5.41) is 0. The molecule has 1 rings (SSSR count). The normalized spacial score (nSPS) is 19.8. The molecule has 19 heavy (non-hydrogen) atoms. The molecule has 0 spiro atoms. The van der Waals surface area contributed by atoms with Crippen LogP contribution < -0.4 is 0 Å². The number of rotatable bonds is 7. The van der Waals surface area contributed by atoms with E-state index in [2.05, 4.69) is 29.2 Å². The summed E-state index contributed by atoms with van der Waals surface area (Å²) >= 11 is 5.65. The zero-order chi connectivity index (χ0) is 14.5. The van der Waals surface area contributed by atoms with Crippen molar-refractivity contribution in [3.05, 3.63) is 0 Å². The molecule has 0 bridgehead atoms. The van der Waals surface area contributed by atoms with Gasteiger partial charge < -0.3 is 13.9 Å². The van der Waals surface area contributed by atoms with Crippen LogP contribution in [0.5, 0.6) is 0 Å². The van der Waals surface area contributed by atoms with Crippen LogP contribution in [0.15, 0.2) is 0 Å². The zero-order valence-electron chi connectivity index (χ0n) is 13.0. The second kappa shape index (κ2) is 7.64. The molecule has 0 radical (unpaired) electrons. The van der Waals surface area contributed by atoms with E-state index < -0.39 is 14.7 Å². The first kappa shape index (κ1) is 17.8. The number of nitrogens with zero attached hydrogens (tertiary/aromatic N) is 2. The van der Waals surface area contributed by atoms with Gasteiger partial charge in [-0.15, -0.1) is 0 Å². The van der Waals surface area contributed by atoms with Crippen molar-refractivity contribution in [3.8, 4) is 0 Å². The van der Waals surface area contributed by atoms with E-state index in [1.165, 1.54) is 6.17 Å². The smallest absolute Gasteiger partial charge is 0.263 e. The van der Waals surface area contributed by atoms with Crippen LogP contribution in [0.1, 0.15) is 13.8 Å². The molecule has 0 aliphatic carbocycles. The molecule has 0 aromatic rings. The Balaban J connectivity index is 2.54. The average Bonchev–Trinajstić information content (AvgIpc) is 2.28. The molecule has 7 heteroatoms. The first-order valence-electron chi connectivity index (χ1n) is 7.17. The summed E-state index contributed by atoms with van der Waals surface area (Å²) in [6.45, 7) is 14.4. The van der Waals surface area contributed by atoms with Gasteiger partial charge in [-0.1, -0.05) is 19.6 Å². The molecule has 4 nitrogen and oxygen atoms in total. The Kier molecular flexibility index (Phi) is 7.14. The second-order valence-electron chi connectivity index (χ2n) is 6.09. The minimum absolute atomic E-state index is 0.631. The van der Waals surface area contributed by atoms with Gasteiger partial charge in [0.1, 0.15) is 0 Å². The van der Waals surface area contributed by atoms with Crippen LogP contribution in [0.4, 0.5) is 0 Å². The SMILES string of the molecule is CCOP(=S)(OCC)N1CCN(C[Si](C)(C)C)CC1. The summed E-state index contributed by atoms with van der Waals surface area (Å²) in [6, 6.07) is 0. The Bertz CT molecular complexity index is 307. The van der Waals surface area contributed by atoms with E-state index in [9.17, 15) is 0 Å². The second-order valence-corrected chi connectivity index (χ2v) is 14.9. The molecule has 1 heterocycles. The molecule has 1 aliphatic rings. The van der Waals surface area contributed by atoms with E-state index in [1.807, 2.05) is 13.8 Å². The maximum atomic E-state index is 5.77. The van der Waals surface area contributed by atoms with Crippen molar-refractivity contribution in [1.82, 2.24) is 9.57 Å². The molecule has 1 saturated heterocycles. The van der Waals surface area contributed by atoms with Crippen LogP contribution in [0.2, 0.25) is 19.6 Å². The van der Waals surface area contributed by atoms with E-state index >= 15 is 0 Å². The highest BCUT2D eigenvalue weighted by Crippen LogP contribution is 2.52. The molecular weight excluding hydrogens is 295 g/mol. The van der Waals surface area contributed by atoms with Crippen LogP contribution in [0, 0.1) is 0 Å². The molecule has 114 valence electrons. The maximum Gasteiger partial charge on any atom is 0.263 e. The zero-order valence-corrected chi connectivity index (χ0v) is 15.7. The summed E-state index contributed by atoms with van der Waals surface area (Å²) in [5.74, 6) is 0. The third kappa shape index (κ3) is 5.92. The Labute approximate surface area is 124 Å². The van der Waals surface area contributed by atoms with Crippen LogP contribution in [-0.4, -0.2) is 63.2 Å². The van der Waals surface area contributed by atoms with Gasteiger partial charge in [0.05, 0.1) is 21.3 Å². The molecule has 0 N–H and O–H groups in total. The lowest BCUT2D eigenvalue weighted by atomic mass is 10.4. The van der Waals surface area contributed by atoms with Crippen molar-refractivity contribution < 1.29 is 9.05 Å². The van der Waals surface area contributed by atoms with Crippen molar-refractivity contribution in [2.75, 3.05) is 45.6 Å². The van der Waals surface area contributed by atoms with Gasteiger partial charge in [-0.25, -0.2) is 4.67 Å². The highest BCUT2D eigenvalue weighted by Gasteiger charge is 2.32. The quantitative estimate of drug-likeness (QED) is 0.530. The summed E-state index contributed by atoms with van der Waals surface area (Å²) in [5.41, 5.74) is 0. The fraction of sp³-hybridized carbons (Fsp3) is 1.00. The molecule has 0 saturated carbocycles. The highest BCUT2D eigenvalue weighted by atomic mass is 32.5. The molecule has 1 aliphatic heterocycles. The van der Waals surface area contributed by atoms with Gasteiger partial charge in [0.15, 0.2) is 0 Å². The third-order valence-corrected chi connectivity index (χ3v) is 7.96. The van der Waals surface area contributed by atoms with Gasteiger partial charge >= 0.3 is 0 Å². The van der Waals surface area contributed by atoms with Crippen molar-refractivity contribution in [2.24, 2.45) is 0 Å². The number of hydrogen-bond donors (Lipinski definition) is 0. The van der Waals surface area contributed by atoms with Crippen LogP contribution in [0.25, 0.3) is 0 Å². The summed E-state index contributed by atoms with van der Waals surface area (Å²) in [4.78, 5) is 2.57. The molecule has 0 aromatic carbocycles. The van der Waals surface area contributed by atoms with Gasteiger partial charge in [0.25, 0.3) is 6.64 Å². The van der Waals surface area contributed by atoms with E-state index in [-0.39, 0.29) is 0 Å². The summed E-state index contributed by atoms with van der Waals surface area (Å²) in [6.07, 6.45) is 1.27. The monoisotopic (exact) mass is 324 g/mol. The van der Waals surface area contributed by atoms with Crippen LogP contribution >= 0.6 is 6.64 Å². The lowest BCUT2D eigenvalue weighted by molar-refractivity contribution is 0.162. The van der Waals surface area contributed by atoms with Gasteiger partial charge in [-0.05, 0) is 31.8 Å². The fourth-order valence-electron chi connectivity index (χ4n) is 2.34. The molecule has 0 unspecified atom stereocenters. The van der Waals surface area contributed by atoms with E-state index in [0.717, 1.165) is 26.2 Å². The summed E-state index contributed by atoms with van der Waals surface area (Å²) in [7, 11) is -1.01. The Morgan fingerprint density at radius 1 is 1.00 bits per heavy atom. The third-order valence-electron chi connectivity index (χ3n) is 2.98. The molecule has 0 amide bonds. The summed E-state index contributed by atoms with van der Waals surface area (Å²) < 4.78 is 13.8. The minimum Gasteiger partial charge on any atom is -0.318 e. The van der Waals surface area contributed by atoms with Crippen molar-refractivity contribution in [1.29, 1.82) is 0 Å². The lowest BCUT2D eigenvalue weighted by Gasteiger charge is -2.41. The molecule has 0 aromatic heterocycles. The van der Waals surface area contributed by atoms with Gasteiger partial charge in [-0.2, -0.15) is 0 Å². The standard InChI is InChI=1S/C12H29N2O2PSSi/c1-6-15-17(18,16-7-2)14-10-8-13(9-11-14)12-19(3,4)5/h6-12H2,1-5H3. The van der Waals surface area contributed by atoms with Crippen molar-refractivity contribution in [3.63, 3.8) is 0 Å². The van der Waals surface area contributed by atoms with E-state index in [1.54, 1.807) is 0 Å². The minimum atomic E-state index is -2.22. The van der Waals surface area contributed by atoms with Gasteiger partial charge in [0, 0.05) is 26.2 Å².